The minimum Gasteiger partial charge on any atom is -0.497 e. The molecule has 0 spiro atoms. The van der Waals surface area contributed by atoms with Gasteiger partial charge in [-0.25, -0.2) is 13.6 Å². The van der Waals surface area contributed by atoms with Gasteiger partial charge >= 0.3 is 5.97 Å². The summed E-state index contributed by atoms with van der Waals surface area (Å²) in [5.41, 5.74) is 0.339. The number of anilines is 1. The second kappa shape index (κ2) is 6.21. The maximum atomic E-state index is 13.7. The third-order valence-electron chi connectivity index (χ3n) is 2.92. The van der Waals surface area contributed by atoms with Gasteiger partial charge in [0.1, 0.15) is 17.4 Å². The molecule has 6 heteroatoms. The van der Waals surface area contributed by atoms with E-state index >= 15 is 0 Å². The lowest BCUT2D eigenvalue weighted by Gasteiger charge is -2.17. The molecule has 0 heterocycles. The summed E-state index contributed by atoms with van der Waals surface area (Å²) in [6.07, 6.45) is 0. The lowest BCUT2D eigenvalue weighted by molar-refractivity contribution is -0.138. The molecule has 2 N–H and O–H groups in total. The van der Waals surface area contributed by atoms with E-state index in [1.807, 2.05) is 0 Å². The Hall–Kier alpha value is -2.63. The van der Waals surface area contributed by atoms with Gasteiger partial charge in [0.2, 0.25) is 0 Å². The highest BCUT2D eigenvalue weighted by Gasteiger charge is 2.23. The van der Waals surface area contributed by atoms with E-state index in [-0.39, 0.29) is 5.56 Å². The number of methoxy groups -OCH3 is 1. The first kappa shape index (κ1) is 14.8. The van der Waals surface area contributed by atoms with E-state index < -0.39 is 23.6 Å². The van der Waals surface area contributed by atoms with E-state index in [9.17, 15) is 18.7 Å². The summed E-state index contributed by atoms with van der Waals surface area (Å²) in [5.74, 6) is -2.33. The molecule has 0 aliphatic carbocycles. The van der Waals surface area contributed by atoms with Crippen molar-refractivity contribution in [3.05, 3.63) is 59.7 Å². The SMILES string of the molecule is COc1ccc(NC(C(=O)O)c2ccc(F)cc2F)cc1. The van der Waals surface area contributed by atoms with Gasteiger partial charge in [-0.1, -0.05) is 6.07 Å². The fourth-order valence-electron chi connectivity index (χ4n) is 1.86. The van der Waals surface area contributed by atoms with Gasteiger partial charge in [-0.2, -0.15) is 0 Å². The number of halogens is 2. The molecule has 0 aliphatic rings. The van der Waals surface area contributed by atoms with Crippen molar-refractivity contribution in [1.29, 1.82) is 0 Å². The molecular weight excluding hydrogens is 280 g/mol. The maximum absolute atomic E-state index is 13.7. The van der Waals surface area contributed by atoms with Crippen LogP contribution in [0.2, 0.25) is 0 Å². The number of carboxylic acid groups (broad SMARTS) is 1. The van der Waals surface area contributed by atoms with E-state index in [1.54, 1.807) is 24.3 Å². The average Bonchev–Trinajstić information content (AvgIpc) is 2.46. The summed E-state index contributed by atoms with van der Waals surface area (Å²) >= 11 is 0. The average molecular weight is 293 g/mol. The molecule has 0 fully saturated rings. The molecule has 0 radical (unpaired) electrons. The summed E-state index contributed by atoms with van der Waals surface area (Å²) in [7, 11) is 1.51. The monoisotopic (exact) mass is 293 g/mol. The van der Waals surface area contributed by atoms with Crippen molar-refractivity contribution >= 4 is 11.7 Å². The van der Waals surface area contributed by atoms with Crippen LogP contribution in [0, 0.1) is 11.6 Å². The van der Waals surface area contributed by atoms with E-state index in [4.69, 9.17) is 4.74 Å². The summed E-state index contributed by atoms with van der Waals surface area (Å²) in [5, 5.41) is 11.9. The Morgan fingerprint density at radius 1 is 1.19 bits per heavy atom. The van der Waals surface area contributed by atoms with Crippen molar-refractivity contribution in [1.82, 2.24) is 0 Å². The molecule has 0 bridgehead atoms. The number of nitrogens with one attached hydrogen (secondary N) is 1. The highest BCUT2D eigenvalue weighted by Crippen LogP contribution is 2.24. The number of carboxylic acids is 1. The third-order valence-corrected chi connectivity index (χ3v) is 2.92. The van der Waals surface area contributed by atoms with E-state index in [2.05, 4.69) is 5.32 Å². The predicted molar refractivity (Wildman–Crippen MR) is 73.4 cm³/mol. The first-order valence-corrected chi connectivity index (χ1v) is 6.09. The van der Waals surface area contributed by atoms with Gasteiger partial charge in [0.15, 0.2) is 6.04 Å². The van der Waals surface area contributed by atoms with Gasteiger partial charge in [-0.3, -0.25) is 0 Å². The third kappa shape index (κ3) is 3.47. The zero-order chi connectivity index (χ0) is 15.4. The molecule has 1 atom stereocenters. The summed E-state index contributed by atoms with van der Waals surface area (Å²) in [4.78, 5) is 11.3. The van der Waals surface area contributed by atoms with Crippen molar-refractivity contribution in [3.63, 3.8) is 0 Å². The number of benzene rings is 2. The lowest BCUT2D eigenvalue weighted by Crippen LogP contribution is -2.21. The van der Waals surface area contributed by atoms with Gasteiger partial charge < -0.3 is 15.2 Å². The van der Waals surface area contributed by atoms with Crippen molar-refractivity contribution < 1.29 is 23.4 Å². The fraction of sp³-hybridized carbons (Fsp3) is 0.133. The Morgan fingerprint density at radius 2 is 1.86 bits per heavy atom. The highest BCUT2D eigenvalue weighted by atomic mass is 19.1. The van der Waals surface area contributed by atoms with Crippen LogP contribution in [0.3, 0.4) is 0 Å². The molecule has 1 unspecified atom stereocenters. The lowest BCUT2D eigenvalue weighted by atomic mass is 10.1. The molecule has 2 aromatic carbocycles. The molecule has 0 aliphatic heterocycles. The largest absolute Gasteiger partial charge is 0.497 e. The van der Waals surface area contributed by atoms with Crippen LogP contribution in [0.25, 0.3) is 0 Å². The van der Waals surface area contributed by atoms with E-state index in [1.165, 1.54) is 7.11 Å². The van der Waals surface area contributed by atoms with Crippen LogP contribution in [0.15, 0.2) is 42.5 Å². The molecule has 0 aromatic heterocycles. The minimum atomic E-state index is -1.32. The number of hydrogen-bond acceptors (Lipinski definition) is 3. The Kier molecular flexibility index (Phi) is 4.37. The molecule has 0 saturated heterocycles. The summed E-state index contributed by atoms with van der Waals surface area (Å²) in [6.45, 7) is 0. The Bertz CT molecular complexity index is 644. The second-order valence-corrected chi connectivity index (χ2v) is 4.31. The van der Waals surface area contributed by atoms with Gasteiger partial charge in [-0.05, 0) is 30.3 Å². The van der Waals surface area contributed by atoms with E-state index in [0.717, 1.165) is 12.1 Å². The fourth-order valence-corrected chi connectivity index (χ4v) is 1.86. The molecule has 2 rings (SSSR count). The van der Waals surface area contributed by atoms with Gasteiger partial charge in [0.25, 0.3) is 0 Å². The van der Waals surface area contributed by atoms with E-state index in [0.29, 0.717) is 17.5 Å². The molecule has 0 amide bonds. The number of aliphatic carboxylic acids is 1. The predicted octanol–water partition coefficient (Wildman–Crippen LogP) is 3.21. The molecule has 2 aromatic rings. The van der Waals surface area contributed by atoms with Crippen molar-refractivity contribution in [2.24, 2.45) is 0 Å². The first-order valence-electron chi connectivity index (χ1n) is 6.09. The Morgan fingerprint density at radius 3 is 2.38 bits per heavy atom. The topological polar surface area (TPSA) is 58.6 Å². The zero-order valence-electron chi connectivity index (χ0n) is 11.1. The standard InChI is InChI=1S/C15H13F2NO3/c1-21-11-5-3-10(4-6-11)18-14(15(19)20)12-7-2-9(16)8-13(12)17/h2-8,14,18H,1H3,(H,19,20). The van der Waals surface area contributed by atoms with Crippen LogP contribution in [0.4, 0.5) is 14.5 Å². The molecule has 110 valence electrons. The maximum Gasteiger partial charge on any atom is 0.330 e. The molecule has 21 heavy (non-hydrogen) atoms. The Labute approximate surface area is 120 Å². The van der Waals surface area contributed by atoms with Crippen molar-refractivity contribution in [2.45, 2.75) is 6.04 Å². The second-order valence-electron chi connectivity index (χ2n) is 4.31. The van der Waals surface area contributed by atoms with Crippen LogP contribution >= 0.6 is 0 Å². The zero-order valence-corrected chi connectivity index (χ0v) is 11.1. The van der Waals surface area contributed by atoms with Crippen LogP contribution < -0.4 is 10.1 Å². The van der Waals surface area contributed by atoms with Gasteiger partial charge in [-0.15, -0.1) is 0 Å². The van der Waals surface area contributed by atoms with Crippen LogP contribution in [0.1, 0.15) is 11.6 Å². The number of rotatable bonds is 5. The molecule has 0 saturated carbocycles. The molecule has 4 nitrogen and oxygen atoms in total. The van der Waals surface area contributed by atoms with Crippen LogP contribution in [-0.2, 0) is 4.79 Å². The Balaban J connectivity index is 2.28. The number of hydrogen-bond donors (Lipinski definition) is 2. The van der Waals surface area contributed by atoms with Crippen molar-refractivity contribution in [2.75, 3.05) is 12.4 Å². The number of carbonyl (C=O) groups is 1. The first-order chi connectivity index (χ1) is 10.0. The normalized spacial score (nSPS) is 11.8. The molecular formula is C15H13F2NO3. The van der Waals surface area contributed by atoms with Crippen LogP contribution in [-0.4, -0.2) is 18.2 Å². The van der Waals surface area contributed by atoms with Gasteiger partial charge in [0, 0.05) is 17.3 Å². The smallest absolute Gasteiger partial charge is 0.330 e. The van der Waals surface area contributed by atoms with Gasteiger partial charge in [0.05, 0.1) is 7.11 Å². The van der Waals surface area contributed by atoms with Crippen LogP contribution in [0.5, 0.6) is 5.75 Å². The van der Waals surface area contributed by atoms with Crippen molar-refractivity contribution in [3.8, 4) is 5.75 Å². The number of ether oxygens (including phenoxy) is 1. The summed E-state index contributed by atoms with van der Waals surface area (Å²) < 4.78 is 31.6. The minimum absolute atomic E-state index is 0.139. The summed E-state index contributed by atoms with van der Waals surface area (Å²) in [6, 6.07) is 7.96. The quantitative estimate of drug-likeness (QED) is 0.888. The highest BCUT2D eigenvalue weighted by molar-refractivity contribution is 5.79.